The van der Waals surface area contributed by atoms with Gasteiger partial charge in [-0.1, -0.05) is 12.8 Å². The lowest BCUT2D eigenvalue weighted by Gasteiger charge is -2.21. The van der Waals surface area contributed by atoms with Gasteiger partial charge in [0.25, 0.3) is 0 Å². The summed E-state index contributed by atoms with van der Waals surface area (Å²) >= 11 is 1.70. The topological polar surface area (TPSA) is 40.5 Å². The normalized spacial score (nSPS) is 15.6. The summed E-state index contributed by atoms with van der Waals surface area (Å²) in [6.07, 6.45) is 4.04. The van der Waals surface area contributed by atoms with Crippen molar-refractivity contribution in [2.24, 2.45) is 10.9 Å². The second kappa shape index (κ2) is 6.89. The number of aromatic nitrogens is 1. The molecular weight excluding hydrogens is 256 g/mol. The van der Waals surface area contributed by atoms with Gasteiger partial charge in [0.1, 0.15) is 0 Å². The van der Waals surface area contributed by atoms with Crippen molar-refractivity contribution in [1.82, 2.24) is 15.2 Å². The molecular formula is C14H24N4S. The summed E-state index contributed by atoms with van der Waals surface area (Å²) in [4.78, 5) is 11.4. The fourth-order valence-corrected chi connectivity index (χ4v) is 2.63. The number of nitrogens with one attached hydrogen (secondary N) is 1. The van der Waals surface area contributed by atoms with Crippen LogP contribution in [-0.2, 0) is 6.54 Å². The highest BCUT2D eigenvalue weighted by Gasteiger charge is 2.20. The van der Waals surface area contributed by atoms with E-state index in [1.807, 2.05) is 6.92 Å². The summed E-state index contributed by atoms with van der Waals surface area (Å²) < 4.78 is 0. The maximum absolute atomic E-state index is 4.70. The standard InChI is InChI=1S/C14H24N4S/c1-4-15-14(16-8-7-12-5-6-12)18(3)9-13-10-19-11(2)17-13/h10,12H,4-9H2,1-3H3,(H,15,16). The van der Waals surface area contributed by atoms with E-state index in [1.54, 1.807) is 11.3 Å². The first kappa shape index (κ1) is 14.3. The van der Waals surface area contributed by atoms with E-state index in [0.29, 0.717) is 0 Å². The molecule has 0 bridgehead atoms. The van der Waals surface area contributed by atoms with Crippen LogP contribution in [0, 0.1) is 12.8 Å². The molecule has 1 aliphatic rings. The third-order valence-electron chi connectivity index (χ3n) is 3.26. The van der Waals surface area contributed by atoms with Crippen LogP contribution in [0.15, 0.2) is 10.4 Å². The summed E-state index contributed by atoms with van der Waals surface area (Å²) in [5, 5.41) is 6.60. The van der Waals surface area contributed by atoms with Crippen molar-refractivity contribution in [1.29, 1.82) is 0 Å². The zero-order valence-electron chi connectivity index (χ0n) is 12.1. The van der Waals surface area contributed by atoms with E-state index >= 15 is 0 Å². The Morgan fingerprint density at radius 2 is 2.37 bits per heavy atom. The second-order valence-corrected chi connectivity index (χ2v) is 6.24. The van der Waals surface area contributed by atoms with E-state index in [4.69, 9.17) is 4.99 Å². The van der Waals surface area contributed by atoms with Crippen molar-refractivity contribution >= 4 is 17.3 Å². The highest BCUT2D eigenvalue weighted by molar-refractivity contribution is 7.09. The maximum Gasteiger partial charge on any atom is 0.194 e. The van der Waals surface area contributed by atoms with E-state index in [0.717, 1.165) is 42.2 Å². The van der Waals surface area contributed by atoms with Crippen molar-refractivity contribution < 1.29 is 0 Å². The van der Waals surface area contributed by atoms with E-state index in [2.05, 4.69) is 34.6 Å². The summed E-state index contributed by atoms with van der Waals surface area (Å²) in [7, 11) is 2.08. The van der Waals surface area contributed by atoms with Crippen LogP contribution in [0.3, 0.4) is 0 Å². The van der Waals surface area contributed by atoms with Crippen LogP contribution >= 0.6 is 11.3 Å². The Bertz CT molecular complexity index is 423. The molecule has 0 spiro atoms. The number of hydrogen-bond donors (Lipinski definition) is 1. The van der Waals surface area contributed by atoms with E-state index in [-0.39, 0.29) is 0 Å². The Kier molecular flexibility index (Phi) is 5.19. The number of nitrogens with zero attached hydrogens (tertiary/aromatic N) is 3. The molecule has 0 aromatic carbocycles. The largest absolute Gasteiger partial charge is 0.357 e. The molecule has 0 saturated heterocycles. The number of guanidine groups is 1. The number of aryl methyl sites for hydroxylation is 1. The molecule has 0 radical (unpaired) electrons. The summed E-state index contributed by atoms with van der Waals surface area (Å²) in [5.74, 6) is 1.94. The molecule has 106 valence electrons. The van der Waals surface area contributed by atoms with Gasteiger partial charge in [0, 0.05) is 25.5 Å². The highest BCUT2D eigenvalue weighted by Crippen LogP contribution is 2.32. The van der Waals surface area contributed by atoms with Crippen LogP contribution < -0.4 is 5.32 Å². The predicted octanol–water partition coefficient (Wildman–Crippen LogP) is 2.65. The molecule has 0 atom stereocenters. The maximum atomic E-state index is 4.70. The van der Waals surface area contributed by atoms with Gasteiger partial charge in [0.15, 0.2) is 5.96 Å². The molecule has 1 aromatic rings. The van der Waals surface area contributed by atoms with Crippen LogP contribution in [0.5, 0.6) is 0 Å². The molecule has 0 aliphatic heterocycles. The van der Waals surface area contributed by atoms with Crippen LogP contribution in [0.4, 0.5) is 0 Å². The summed E-state index contributed by atoms with van der Waals surface area (Å²) in [6.45, 7) is 6.82. The zero-order valence-corrected chi connectivity index (χ0v) is 13.0. The predicted molar refractivity (Wildman–Crippen MR) is 81.6 cm³/mol. The SMILES string of the molecule is CCNC(=NCCC1CC1)N(C)Cc1csc(C)n1. The van der Waals surface area contributed by atoms with E-state index < -0.39 is 0 Å². The first-order valence-electron chi connectivity index (χ1n) is 7.09. The van der Waals surface area contributed by atoms with Crippen molar-refractivity contribution in [2.75, 3.05) is 20.1 Å². The highest BCUT2D eigenvalue weighted by atomic mass is 32.1. The Morgan fingerprint density at radius 3 is 2.95 bits per heavy atom. The first-order chi connectivity index (χ1) is 9.19. The molecule has 1 aliphatic carbocycles. The van der Waals surface area contributed by atoms with Crippen LogP contribution in [0.25, 0.3) is 0 Å². The van der Waals surface area contributed by atoms with Gasteiger partial charge < -0.3 is 10.2 Å². The van der Waals surface area contributed by atoms with Crippen LogP contribution in [0.2, 0.25) is 0 Å². The third-order valence-corrected chi connectivity index (χ3v) is 4.08. The fourth-order valence-electron chi connectivity index (χ4n) is 2.03. The molecule has 1 heterocycles. The zero-order chi connectivity index (χ0) is 13.7. The monoisotopic (exact) mass is 280 g/mol. The summed E-state index contributed by atoms with van der Waals surface area (Å²) in [5.41, 5.74) is 1.12. The molecule has 1 N–H and O–H groups in total. The number of hydrogen-bond acceptors (Lipinski definition) is 3. The molecule has 1 saturated carbocycles. The lowest BCUT2D eigenvalue weighted by atomic mass is 10.3. The minimum Gasteiger partial charge on any atom is -0.357 e. The number of rotatable bonds is 6. The van der Waals surface area contributed by atoms with Gasteiger partial charge in [0.2, 0.25) is 0 Å². The van der Waals surface area contributed by atoms with Crippen LogP contribution in [-0.4, -0.2) is 36.0 Å². The minimum atomic E-state index is 0.819. The number of thiazole rings is 1. The minimum absolute atomic E-state index is 0.819. The van der Waals surface area contributed by atoms with E-state index in [1.165, 1.54) is 19.3 Å². The lowest BCUT2D eigenvalue weighted by Crippen LogP contribution is -2.38. The van der Waals surface area contributed by atoms with Gasteiger partial charge >= 0.3 is 0 Å². The third kappa shape index (κ3) is 4.82. The van der Waals surface area contributed by atoms with Crippen molar-refractivity contribution in [3.8, 4) is 0 Å². The Balaban J connectivity index is 1.88. The quantitative estimate of drug-likeness (QED) is 0.643. The molecule has 19 heavy (non-hydrogen) atoms. The summed E-state index contributed by atoms with van der Waals surface area (Å²) in [6, 6.07) is 0. The average Bonchev–Trinajstić information content (AvgIpc) is 3.11. The van der Waals surface area contributed by atoms with Gasteiger partial charge in [0.05, 0.1) is 17.2 Å². The van der Waals surface area contributed by atoms with Crippen LogP contribution in [0.1, 0.15) is 36.9 Å². The lowest BCUT2D eigenvalue weighted by molar-refractivity contribution is 0.470. The first-order valence-corrected chi connectivity index (χ1v) is 7.97. The Hall–Kier alpha value is -1.10. The average molecular weight is 280 g/mol. The van der Waals surface area contributed by atoms with Gasteiger partial charge in [-0.05, 0) is 26.2 Å². The van der Waals surface area contributed by atoms with Crippen molar-refractivity contribution in [3.05, 3.63) is 16.1 Å². The molecule has 2 rings (SSSR count). The van der Waals surface area contributed by atoms with Crippen molar-refractivity contribution in [2.45, 2.75) is 39.7 Å². The van der Waals surface area contributed by atoms with E-state index in [9.17, 15) is 0 Å². The van der Waals surface area contributed by atoms with Gasteiger partial charge in [-0.2, -0.15) is 0 Å². The number of aliphatic imine (C=N–C) groups is 1. The van der Waals surface area contributed by atoms with Gasteiger partial charge in [-0.25, -0.2) is 4.98 Å². The second-order valence-electron chi connectivity index (χ2n) is 5.18. The molecule has 4 nitrogen and oxygen atoms in total. The van der Waals surface area contributed by atoms with Gasteiger partial charge in [-0.15, -0.1) is 11.3 Å². The van der Waals surface area contributed by atoms with Crippen molar-refractivity contribution in [3.63, 3.8) is 0 Å². The smallest absolute Gasteiger partial charge is 0.194 e. The molecule has 1 aromatic heterocycles. The Labute approximate surface area is 120 Å². The molecule has 1 fully saturated rings. The van der Waals surface area contributed by atoms with Gasteiger partial charge in [-0.3, -0.25) is 4.99 Å². The molecule has 0 amide bonds. The fraction of sp³-hybridized carbons (Fsp3) is 0.714. The Morgan fingerprint density at radius 1 is 1.58 bits per heavy atom. The molecule has 5 heteroatoms. The molecule has 0 unspecified atom stereocenters.